The number of aliphatic hydroxyl groups excluding tert-OH is 1. The van der Waals surface area contributed by atoms with E-state index in [1.807, 2.05) is 48.5 Å². The summed E-state index contributed by atoms with van der Waals surface area (Å²) in [4.78, 5) is 0. The Morgan fingerprint density at radius 2 is 1.70 bits per heavy atom. The summed E-state index contributed by atoms with van der Waals surface area (Å²) in [6, 6.07) is 24.5. The molecule has 0 aliphatic carbocycles. The minimum Gasteiger partial charge on any atom is -0.497 e. The van der Waals surface area contributed by atoms with Gasteiger partial charge in [0.1, 0.15) is 18.1 Å². The number of hydrogen-bond donors (Lipinski definition) is 1. The molecule has 0 aromatic heterocycles. The first-order valence-corrected chi connectivity index (χ1v) is 11.4. The SMILES string of the molecule is CCCC(C)(Pc1ccccc1CO)c1cc(OC)ccc1OCc1ccccc1. The average Bonchev–Trinajstić information content (AvgIpc) is 2.78. The van der Waals surface area contributed by atoms with Gasteiger partial charge in [-0.15, -0.1) is 0 Å². The molecule has 0 aliphatic rings. The molecular weight excluding hydrogens is 391 g/mol. The number of rotatable bonds is 10. The number of ether oxygens (including phenoxy) is 2. The van der Waals surface area contributed by atoms with Crippen LogP contribution in [-0.4, -0.2) is 12.2 Å². The lowest BCUT2D eigenvalue weighted by atomic mass is 9.94. The number of methoxy groups -OCH3 is 1. The van der Waals surface area contributed by atoms with Crippen molar-refractivity contribution in [1.82, 2.24) is 0 Å². The topological polar surface area (TPSA) is 38.7 Å². The largest absolute Gasteiger partial charge is 0.497 e. The number of benzene rings is 3. The van der Waals surface area contributed by atoms with E-state index in [0.29, 0.717) is 15.2 Å². The van der Waals surface area contributed by atoms with Gasteiger partial charge in [0.15, 0.2) is 0 Å². The second kappa shape index (κ2) is 10.6. The highest BCUT2D eigenvalue weighted by Crippen LogP contribution is 2.49. The molecule has 4 heteroatoms. The van der Waals surface area contributed by atoms with E-state index in [1.54, 1.807) is 7.11 Å². The van der Waals surface area contributed by atoms with E-state index in [1.165, 1.54) is 5.30 Å². The van der Waals surface area contributed by atoms with Crippen molar-refractivity contribution in [2.45, 2.75) is 45.1 Å². The van der Waals surface area contributed by atoms with Crippen LogP contribution in [0, 0.1) is 0 Å². The highest BCUT2D eigenvalue weighted by atomic mass is 31.1. The molecule has 0 aliphatic heterocycles. The van der Waals surface area contributed by atoms with Crippen molar-refractivity contribution in [1.29, 1.82) is 0 Å². The van der Waals surface area contributed by atoms with Crippen LogP contribution in [0.1, 0.15) is 43.4 Å². The van der Waals surface area contributed by atoms with Crippen molar-refractivity contribution in [3.8, 4) is 11.5 Å². The Kier molecular flexibility index (Phi) is 7.90. The molecule has 0 fully saturated rings. The van der Waals surface area contributed by atoms with Gasteiger partial charge in [0, 0.05) is 10.7 Å². The lowest BCUT2D eigenvalue weighted by molar-refractivity contribution is 0.283. The molecule has 0 heterocycles. The van der Waals surface area contributed by atoms with Crippen molar-refractivity contribution in [3.63, 3.8) is 0 Å². The van der Waals surface area contributed by atoms with Gasteiger partial charge in [0.25, 0.3) is 0 Å². The van der Waals surface area contributed by atoms with E-state index >= 15 is 0 Å². The van der Waals surface area contributed by atoms with Crippen LogP contribution in [0.4, 0.5) is 0 Å². The quantitative estimate of drug-likeness (QED) is 0.421. The third-order valence-corrected chi connectivity index (χ3v) is 7.19. The number of hydrogen-bond acceptors (Lipinski definition) is 3. The molecule has 3 aromatic carbocycles. The van der Waals surface area contributed by atoms with Gasteiger partial charge < -0.3 is 14.6 Å². The molecule has 30 heavy (non-hydrogen) atoms. The molecule has 0 amide bonds. The Labute approximate surface area is 181 Å². The second-order valence-electron chi connectivity index (χ2n) is 7.66. The average molecular weight is 423 g/mol. The lowest BCUT2D eigenvalue weighted by Crippen LogP contribution is -2.22. The van der Waals surface area contributed by atoms with Gasteiger partial charge in [0.2, 0.25) is 0 Å². The van der Waals surface area contributed by atoms with Crippen molar-refractivity contribution in [2.24, 2.45) is 0 Å². The first-order chi connectivity index (χ1) is 14.6. The molecule has 0 saturated carbocycles. The summed E-state index contributed by atoms with van der Waals surface area (Å²) < 4.78 is 11.9. The van der Waals surface area contributed by atoms with E-state index < -0.39 is 0 Å². The van der Waals surface area contributed by atoms with Crippen molar-refractivity contribution in [3.05, 3.63) is 89.5 Å². The predicted octanol–water partition coefficient (Wildman–Crippen LogP) is 5.79. The van der Waals surface area contributed by atoms with Gasteiger partial charge in [-0.1, -0.05) is 83.4 Å². The minimum absolute atomic E-state index is 0.0564. The smallest absolute Gasteiger partial charge is 0.124 e. The van der Waals surface area contributed by atoms with E-state index in [9.17, 15) is 5.11 Å². The second-order valence-corrected chi connectivity index (χ2v) is 9.55. The van der Waals surface area contributed by atoms with Crippen LogP contribution in [0.3, 0.4) is 0 Å². The van der Waals surface area contributed by atoms with Crippen molar-refractivity contribution < 1.29 is 14.6 Å². The zero-order chi connectivity index (χ0) is 21.4. The molecule has 2 atom stereocenters. The molecule has 3 nitrogen and oxygen atoms in total. The van der Waals surface area contributed by atoms with Gasteiger partial charge in [-0.3, -0.25) is 0 Å². The first kappa shape index (κ1) is 22.3. The molecule has 3 aromatic rings. The molecule has 0 saturated heterocycles. The summed E-state index contributed by atoms with van der Waals surface area (Å²) >= 11 is 0. The first-order valence-electron chi connectivity index (χ1n) is 10.4. The maximum atomic E-state index is 9.82. The summed E-state index contributed by atoms with van der Waals surface area (Å²) in [5, 5.41) is 10.9. The van der Waals surface area contributed by atoms with Crippen molar-refractivity contribution >= 4 is 13.9 Å². The summed E-state index contributed by atoms with van der Waals surface area (Å²) in [7, 11) is 2.21. The van der Waals surface area contributed by atoms with Crippen LogP contribution in [-0.2, 0) is 18.4 Å². The molecule has 3 rings (SSSR count). The summed E-state index contributed by atoms with van der Waals surface area (Å²) in [5.74, 6) is 1.73. The predicted molar refractivity (Wildman–Crippen MR) is 126 cm³/mol. The fourth-order valence-electron chi connectivity index (χ4n) is 3.77. The van der Waals surface area contributed by atoms with Crippen LogP contribution in [0.15, 0.2) is 72.8 Å². The summed E-state index contributed by atoms with van der Waals surface area (Å²) in [5.41, 5.74) is 3.29. The van der Waals surface area contributed by atoms with Crippen LogP contribution in [0.25, 0.3) is 0 Å². The molecule has 0 spiro atoms. The Balaban J connectivity index is 1.98. The van der Waals surface area contributed by atoms with Crippen LogP contribution in [0.5, 0.6) is 11.5 Å². The standard InChI is InChI=1S/C26H31O3P/c1-4-16-26(2,30-25-13-9-8-12-21(25)18-27)23-17-22(28-3)14-15-24(23)29-19-20-10-6-5-7-11-20/h5-15,17,27,30H,4,16,18-19H2,1-3H3. The highest BCUT2D eigenvalue weighted by molar-refractivity contribution is 7.48. The molecule has 1 N–H and O–H groups in total. The van der Waals surface area contributed by atoms with Gasteiger partial charge in [-0.25, -0.2) is 0 Å². The van der Waals surface area contributed by atoms with Crippen LogP contribution < -0.4 is 14.8 Å². The normalized spacial score (nSPS) is 13.3. The highest BCUT2D eigenvalue weighted by Gasteiger charge is 2.31. The Bertz CT molecular complexity index is 942. The molecule has 158 valence electrons. The summed E-state index contributed by atoms with van der Waals surface area (Å²) in [6.07, 6.45) is 2.07. The van der Waals surface area contributed by atoms with Gasteiger partial charge in [-0.05, 0) is 41.1 Å². The lowest BCUT2D eigenvalue weighted by Gasteiger charge is -2.33. The number of aliphatic hydroxyl groups is 1. The molecule has 0 radical (unpaired) electrons. The van der Waals surface area contributed by atoms with E-state index in [2.05, 4.69) is 38.1 Å². The Morgan fingerprint density at radius 1 is 0.967 bits per heavy atom. The van der Waals surface area contributed by atoms with E-state index in [4.69, 9.17) is 9.47 Å². The molecule has 0 bridgehead atoms. The third kappa shape index (κ3) is 5.41. The van der Waals surface area contributed by atoms with E-state index in [-0.39, 0.29) is 11.8 Å². The van der Waals surface area contributed by atoms with Crippen molar-refractivity contribution in [2.75, 3.05) is 7.11 Å². The van der Waals surface area contributed by atoms with E-state index in [0.717, 1.165) is 41.0 Å². The van der Waals surface area contributed by atoms with Gasteiger partial charge >= 0.3 is 0 Å². The van der Waals surface area contributed by atoms with Crippen LogP contribution in [0.2, 0.25) is 0 Å². The molecule has 2 unspecified atom stereocenters. The fourth-order valence-corrected chi connectivity index (χ4v) is 5.57. The van der Waals surface area contributed by atoms with Gasteiger partial charge in [-0.2, -0.15) is 0 Å². The fraction of sp³-hybridized carbons (Fsp3) is 0.308. The Hall–Kier alpha value is -2.35. The maximum Gasteiger partial charge on any atom is 0.124 e. The van der Waals surface area contributed by atoms with Gasteiger partial charge in [0.05, 0.1) is 13.7 Å². The van der Waals surface area contributed by atoms with Crippen LogP contribution >= 0.6 is 8.58 Å². The monoisotopic (exact) mass is 422 g/mol. The minimum atomic E-state index is -0.124. The zero-order valence-electron chi connectivity index (χ0n) is 18.0. The third-order valence-electron chi connectivity index (χ3n) is 5.37. The zero-order valence-corrected chi connectivity index (χ0v) is 19.0. The maximum absolute atomic E-state index is 9.82. The molecular formula is C26H31O3P. The summed E-state index contributed by atoms with van der Waals surface area (Å²) in [6.45, 7) is 5.10. The Morgan fingerprint density at radius 3 is 2.40 bits per heavy atom.